The zero-order chi connectivity index (χ0) is 11.8. The molecule has 1 atom stereocenters. The molecule has 0 saturated carbocycles. The Bertz CT molecular complexity index is 522. The van der Waals surface area contributed by atoms with E-state index in [4.69, 9.17) is 5.26 Å². The average molecular weight is 275 g/mol. The van der Waals surface area contributed by atoms with Gasteiger partial charge in [0, 0.05) is 4.47 Å². The van der Waals surface area contributed by atoms with Crippen LogP contribution < -0.4 is 0 Å². The Kier molecular flexibility index (Phi) is 2.74. The second-order valence-electron chi connectivity index (χ2n) is 4.30. The average Bonchev–Trinajstić information content (AvgIpc) is 2.59. The molecule has 0 bridgehead atoms. The molecular weight excluding hydrogens is 264 g/mol. The minimum atomic E-state index is -0.585. The molecule has 2 nitrogen and oxygen atoms in total. The molecule has 0 aromatic heterocycles. The highest BCUT2D eigenvalue weighted by molar-refractivity contribution is 9.10. The predicted octanol–water partition coefficient (Wildman–Crippen LogP) is 3.38. The van der Waals surface area contributed by atoms with Crippen LogP contribution >= 0.6 is 15.9 Å². The van der Waals surface area contributed by atoms with Gasteiger partial charge >= 0.3 is 0 Å². The van der Waals surface area contributed by atoms with Crippen molar-refractivity contribution in [2.45, 2.75) is 31.6 Å². The van der Waals surface area contributed by atoms with Crippen molar-refractivity contribution in [3.63, 3.8) is 0 Å². The van der Waals surface area contributed by atoms with Crippen molar-refractivity contribution in [1.29, 1.82) is 10.5 Å². The number of benzene rings is 1. The first-order chi connectivity index (χ1) is 7.63. The summed E-state index contributed by atoms with van der Waals surface area (Å²) >= 11 is 3.54. The van der Waals surface area contributed by atoms with Crippen LogP contribution in [0.2, 0.25) is 0 Å². The first-order valence-electron chi connectivity index (χ1n) is 5.21. The fraction of sp³-hybridized carbons (Fsp3) is 0.385. The molecule has 2 rings (SSSR count). The summed E-state index contributed by atoms with van der Waals surface area (Å²) in [6.07, 6.45) is 1.92. The van der Waals surface area contributed by atoms with Gasteiger partial charge in [0.2, 0.25) is 0 Å². The summed E-state index contributed by atoms with van der Waals surface area (Å²) in [5, 5.41) is 18.2. The molecule has 1 aliphatic carbocycles. The van der Waals surface area contributed by atoms with E-state index in [2.05, 4.69) is 34.1 Å². The summed E-state index contributed by atoms with van der Waals surface area (Å²) in [7, 11) is 0. The molecule has 1 aromatic rings. The standard InChI is InChI=1S/C13H11BrN2/c1-9-6-11-10(12(14)7-9)2-3-13(11,8-16)4-5-15/h6-7H,2-4H2,1H3. The summed E-state index contributed by atoms with van der Waals surface area (Å²) in [6, 6.07) is 8.61. The summed E-state index contributed by atoms with van der Waals surface area (Å²) < 4.78 is 1.07. The lowest BCUT2D eigenvalue weighted by Gasteiger charge is -2.19. The van der Waals surface area contributed by atoms with Crippen LogP contribution in [0.1, 0.15) is 29.5 Å². The number of nitrogens with zero attached hydrogens (tertiary/aromatic N) is 2. The van der Waals surface area contributed by atoms with Crippen molar-refractivity contribution in [2.75, 3.05) is 0 Å². The zero-order valence-electron chi connectivity index (χ0n) is 9.05. The summed E-state index contributed by atoms with van der Waals surface area (Å²) in [6.45, 7) is 2.01. The molecule has 0 heterocycles. The highest BCUT2D eigenvalue weighted by Crippen LogP contribution is 2.44. The van der Waals surface area contributed by atoms with Crippen LogP contribution in [0.4, 0.5) is 0 Å². The quantitative estimate of drug-likeness (QED) is 0.788. The molecule has 0 aliphatic heterocycles. The fourth-order valence-corrected chi connectivity index (χ4v) is 3.17. The molecule has 0 amide bonds. The van der Waals surface area contributed by atoms with E-state index in [0.29, 0.717) is 0 Å². The molecule has 1 aliphatic rings. The number of fused-ring (bicyclic) bond motifs is 1. The molecule has 0 spiro atoms. The molecule has 3 heteroatoms. The van der Waals surface area contributed by atoms with Crippen molar-refractivity contribution in [3.8, 4) is 12.1 Å². The largest absolute Gasteiger partial charge is 0.198 e. The first kappa shape index (κ1) is 11.2. The van der Waals surface area contributed by atoms with E-state index in [1.165, 1.54) is 5.56 Å². The molecule has 80 valence electrons. The van der Waals surface area contributed by atoms with Crippen LogP contribution in [-0.4, -0.2) is 0 Å². The Balaban J connectivity index is 2.63. The van der Waals surface area contributed by atoms with Crippen molar-refractivity contribution in [2.24, 2.45) is 0 Å². The van der Waals surface area contributed by atoms with E-state index < -0.39 is 5.41 Å². The maximum absolute atomic E-state index is 9.36. The molecule has 0 fully saturated rings. The van der Waals surface area contributed by atoms with Gasteiger partial charge in [-0.3, -0.25) is 0 Å². The Morgan fingerprint density at radius 1 is 1.44 bits per heavy atom. The highest BCUT2D eigenvalue weighted by atomic mass is 79.9. The van der Waals surface area contributed by atoms with Crippen LogP contribution in [0.25, 0.3) is 0 Å². The normalized spacial score (nSPS) is 22.2. The molecule has 0 saturated heterocycles. The zero-order valence-corrected chi connectivity index (χ0v) is 10.6. The second-order valence-corrected chi connectivity index (χ2v) is 5.16. The van der Waals surface area contributed by atoms with Gasteiger partial charge in [-0.2, -0.15) is 10.5 Å². The monoisotopic (exact) mass is 274 g/mol. The van der Waals surface area contributed by atoms with Gasteiger partial charge in [-0.25, -0.2) is 0 Å². The highest BCUT2D eigenvalue weighted by Gasteiger charge is 2.39. The van der Waals surface area contributed by atoms with Crippen molar-refractivity contribution in [1.82, 2.24) is 0 Å². The summed E-state index contributed by atoms with van der Waals surface area (Å²) in [5.41, 5.74) is 2.79. The Labute approximate surface area is 104 Å². The third kappa shape index (κ3) is 1.52. The smallest absolute Gasteiger partial charge is 0.0958 e. The first-order valence-corrected chi connectivity index (χ1v) is 6.00. The predicted molar refractivity (Wildman–Crippen MR) is 64.7 cm³/mol. The van der Waals surface area contributed by atoms with E-state index in [1.54, 1.807) is 0 Å². The van der Waals surface area contributed by atoms with Crippen LogP contribution in [-0.2, 0) is 11.8 Å². The van der Waals surface area contributed by atoms with Crippen molar-refractivity contribution >= 4 is 15.9 Å². The van der Waals surface area contributed by atoms with Gasteiger partial charge < -0.3 is 0 Å². The topological polar surface area (TPSA) is 47.6 Å². The number of aryl methyl sites for hydroxylation is 1. The van der Waals surface area contributed by atoms with E-state index in [1.807, 2.05) is 13.0 Å². The van der Waals surface area contributed by atoms with E-state index in [9.17, 15) is 5.26 Å². The summed E-state index contributed by atoms with van der Waals surface area (Å²) in [5.74, 6) is 0. The van der Waals surface area contributed by atoms with Gasteiger partial charge in [0.1, 0.15) is 0 Å². The van der Waals surface area contributed by atoms with Gasteiger partial charge in [0.25, 0.3) is 0 Å². The van der Waals surface area contributed by atoms with E-state index in [0.717, 1.165) is 28.4 Å². The Morgan fingerprint density at radius 2 is 2.19 bits per heavy atom. The Morgan fingerprint density at radius 3 is 2.81 bits per heavy atom. The van der Waals surface area contributed by atoms with Crippen LogP contribution in [0.3, 0.4) is 0 Å². The lowest BCUT2D eigenvalue weighted by Crippen LogP contribution is -2.19. The lowest BCUT2D eigenvalue weighted by atomic mass is 9.80. The number of nitriles is 2. The van der Waals surface area contributed by atoms with Gasteiger partial charge in [-0.15, -0.1) is 0 Å². The van der Waals surface area contributed by atoms with Crippen LogP contribution in [0.15, 0.2) is 16.6 Å². The number of hydrogen-bond donors (Lipinski definition) is 0. The van der Waals surface area contributed by atoms with Crippen LogP contribution in [0, 0.1) is 29.6 Å². The lowest BCUT2D eigenvalue weighted by molar-refractivity contribution is 0.557. The third-order valence-corrected chi connectivity index (χ3v) is 3.96. The van der Waals surface area contributed by atoms with Gasteiger partial charge in [-0.05, 0) is 42.5 Å². The van der Waals surface area contributed by atoms with Gasteiger partial charge in [0.05, 0.1) is 24.0 Å². The fourth-order valence-electron chi connectivity index (χ4n) is 2.40. The van der Waals surface area contributed by atoms with Gasteiger partial charge in [-0.1, -0.05) is 22.0 Å². The SMILES string of the molecule is Cc1cc(Br)c2c(c1)C(C#N)(CC#N)CC2. The molecule has 16 heavy (non-hydrogen) atoms. The maximum Gasteiger partial charge on any atom is 0.0958 e. The molecule has 1 aromatic carbocycles. The minimum Gasteiger partial charge on any atom is -0.198 e. The molecule has 0 radical (unpaired) electrons. The third-order valence-electron chi connectivity index (χ3n) is 3.25. The summed E-state index contributed by atoms with van der Waals surface area (Å²) in [4.78, 5) is 0. The van der Waals surface area contributed by atoms with Crippen molar-refractivity contribution in [3.05, 3.63) is 33.3 Å². The van der Waals surface area contributed by atoms with E-state index >= 15 is 0 Å². The number of hydrogen-bond acceptors (Lipinski definition) is 2. The number of halogens is 1. The Hall–Kier alpha value is -1.32. The molecule has 1 unspecified atom stereocenters. The van der Waals surface area contributed by atoms with Gasteiger partial charge in [0.15, 0.2) is 0 Å². The van der Waals surface area contributed by atoms with Crippen LogP contribution in [0.5, 0.6) is 0 Å². The minimum absolute atomic E-state index is 0.284. The second kappa shape index (κ2) is 3.92. The molecule has 0 N–H and O–H groups in total. The maximum atomic E-state index is 9.36. The number of rotatable bonds is 1. The van der Waals surface area contributed by atoms with Crippen molar-refractivity contribution < 1.29 is 0 Å². The van der Waals surface area contributed by atoms with E-state index in [-0.39, 0.29) is 6.42 Å². The molecular formula is C13H11BrN2.